The Balaban J connectivity index is 2.09. The number of hydrogen-bond donors (Lipinski definition) is 1. The molecule has 0 radical (unpaired) electrons. The number of rotatable bonds is 1. The molecule has 1 saturated carbocycles. The Bertz CT molecular complexity index is 130. The van der Waals surface area contributed by atoms with Crippen molar-refractivity contribution in [2.75, 3.05) is 6.54 Å². The normalized spacial score (nSPS) is 35.2. The first-order chi connectivity index (χ1) is 5.37. The smallest absolute Gasteiger partial charge is 0.0121 e. The predicted molar refractivity (Wildman–Crippen MR) is 47.6 cm³/mol. The number of nitrogens with one attached hydrogen (secondary N) is 1. The van der Waals surface area contributed by atoms with Crippen molar-refractivity contribution < 1.29 is 0 Å². The van der Waals surface area contributed by atoms with E-state index in [0.717, 1.165) is 11.5 Å². The molecule has 1 atom stereocenters. The molecule has 0 aromatic heterocycles. The molecule has 11 heavy (non-hydrogen) atoms. The fraction of sp³-hybridized carbons (Fsp3) is 1.00. The lowest BCUT2D eigenvalue weighted by molar-refractivity contribution is 0.250. The standard InChI is InChI=1S/C10H19N/c1-2-9-10(7-8-11-9)5-3-4-6-10/h9,11H,2-8H2,1H3/t9-/m0/s1. The van der Waals surface area contributed by atoms with Crippen LogP contribution in [-0.4, -0.2) is 12.6 Å². The van der Waals surface area contributed by atoms with Crippen molar-refractivity contribution in [1.29, 1.82) is 0 Å². The Kier molecular flexibility index (Phi) is 1.92. The van der Waals surface area contributed by atoms with Gasteiger partial charge in [-0.25, -0.2) is 0 Å². The molecule has 1 saturated heterocycles. The third-order valence-electron chi connectivity index (χ3n) is 3.76. The van der Waals surface area contributed by atoms with Gasteiger partial charge in [0.05, 0.1) is 0 Å². The lowest BCUT2D eigenvalue weighted by atomic mass is 9.78. The third-order valence-corrected chi connectivity index (χ3v) is 3.76. The SMILES string of the molecule is CC[C@@H]1NCCC12CCCC2. The first kappa shape index (κ1) is 7.60. The van der Waals surface area contributed by atoms with E-state index >= 15 is 0 Å². The maximum absolute atomic E-state index is 3.64. The molecule has 1 nitrogen and oxygen atoms in total. The van der Waals surface area contributed by atoms with Gasteiger partial charge in [-0.3, -0.25) is 0 Å². The molecule has 1 aliphatic carbocycles. The monoisotopic (exact) mass is 153 g/mol. The minimum atomic E-state index is 0.745. The molecule has 1 aliphatic heterocycles. The van der Waals surface area contributed by atoms with E-state index in [2.05, 4.69) is 12.2 Å². The van der Waals surface area contributed by atoms with Crippen LogP contribution in [0.4, 0.5) is 0 Å². The Labute approximate surface area is 69.6 Å². The van der Waals surface area contributed by atoms with Crippen molar-refractivity contribution in [2.24, 2.45) is 5.41 Å². The van der Waals surface area contributed by atoms with E-state index in [4.69, 9.17) is 0 Å². The highest BCUT2D eigenvalue weighted by Crippen LogP contribution is 2.47. The first-order valence-corrected chi connectivity index (χ1v) is 5.11. The fourth-order valence-corrected chi connectivity index (χ4v) is 3.14. The van der Waals surface area contributed by atoms with Crippen LogP contribution in [0.25, 0.3) is 0 Å². The van der Waals surface area contributed by atoms with E-state index in [1.165, 1.54) is 45.1 Å². The molecule has 2 fully saturated rings. The van der Waals surface area contributed by atoms with Gasteiger partial charge in [-0.15, -0.1) is 0 Å². The van der Waals surface area contributed by atoms with Gasteiger partial charge < -0.3 is 5.32 Å². The van der Waals surface area contributed by atoms with Crippen LogP contribution in [0, 0.1) is 5.41 Å². The topological polar surface area (TPSA) is 12.0 Å². The molecular formula is C10H19N. The predicted octanol–water partition coefficient (Wildman–Crippen LogP) is 2.32. The molecule has 0 amide bonds. The van der Waals surface area contributed by atoms with Gasteiger partial charge in [0, 0.05) is 6.04 Å². The Morgan fingerprint density at radius 3 is 2.64 bits per heavy atom. The zero-order valence-corrected chi connectivity index (χ0v) is 7.53. The van der Waals surface area contributed by atoms with Gasteiger partial charge in [0.15, 0.2) is 0 Å². The molecule has 1 heterocycles. The van der Waals surface area contributed by atoms with Crippen LogP contribution in [0.15, 0.2) is 0 Å². The zero-order valence-electron chi connectivity index (χ0n) is 7.53. The minimum Gasteiger partial charge on any atom is -0.313 e. The van der Waals surface area contributed by atoms with E-state index in [1.807, 2.05) is 0 Å². The average Bonchev–Trinajstić information content (AvgIpc) is 2.62. The fourth-order valence-electron chi connectivity index (χ4n) is 3.14. The highest BCUT2D eigenvalue weighted by atomic mass is 15.0. The molecular weight excluding hydrogens is 134 g/mol. The van der Waals surface area contributed by atoms with Crippen LogP contribution in [0.2, 0.25) is 0 Å². The summed E-state index contributed by atoms with van der Waals surface area (Å²) in [5, 5.41) is 3.64. The van der Waals surface area contributed by atoms with Crippen molar-refractivity contribution in [3.63, 3.8) is 0 Å². The molecule has 0 unspecified atom stereocenters. The molecule has 2 aliphatic rings. The lowest BCUT2D eigenvalue weighted by Gasteiger charge is -2.29. The van der Waals surface area contributed by atoms with Crippen molar-refractivity contribution in [1.82, 2.24) is 5.32 Å². The number of hydrogen-bond acceptors (Lipinski definition) is 1. The Morgan fingerprint density at radius 2 is 2.00 bits per heavy atom. The van der Waals surface area contributed by atoms with Crippen molar-refractivity contribution in [3.8, 4) is 0 Å². The average molecular weight is 153 g/mol. The summed E-state index contributed by atoms with van der Waals surface area (Å²) in [5.41, 5.74) is 0.745. The van der Waals surface area contributed by atoms with Crippen LogP contribution < -0.4 is 5.32 Å². The van der Waals surface area contributed by atoms with Crippen molar-refractivity contribution >= 4 is 0 Å². The van der Waals surface area contributed by atoms with E-state index < -0.39 is 0 Å². The summed E-state index contributed by atoms with van der Waals surface area (Å²) in [6.45, 7) is 3.60. The molecule has 1 N–H and O–H groups in total. The largest absolute Gasteiger partial charge is 0.313 e. The highest BCUT2D eigenvalue weighted by Gasteiger charge is 2.43. The summed E-state index contributed by atoms with van der Waals surface area (Å²) in [6, 6.07) is 0.852. The van der Waals surface area contributed by atoms with Gasteiger partial charge in [-0.1, -0.05) is 19.8 Å². The second kappa shape index (κ2) is 2.78. The second-order valence-corrected chi connectivity index (χ2v) is 4.23. The highest BCUT2D eigenvalue weighted by molar-refractivity contribution is 4.98. The molecule has 0 aromatic carbocycles. The summed E-state index contributed by atoms with van der Waals surface area (Å²) in [6.07, 6.45) is 8.75. The van der Waals surface area contributed by atoms with Gasteiger partial charge in [0.1, 0.15) is 0 Å². The Hall–Kier alpha value is -0.0400. The van der Waals surface area contributed by atoms with Gasteiger partial charge in [0.25, 0.3) is 0 Å². The van der Waals surface area contributed by atoms with Crippen LogP contribution in [0.1, 0.15) is 45.4 Å². The van der Waals surface area contributed by atoms with Gasteiger partial charge in [-0.2, -0.15) is 0 Å². The zero-order chi connectivity index (χ0) is 7.73. The summed E-state index contributed by atoms with van der Waals surface area (Å²) < 4.78 is 0. The summed E-state index contributed by atoms with van der Waals surface area (Å²) in [7, 11) is 0. The maximum Gasteiger partial charge on any atom is 0.0121 e. The maximum atomic E-state index is 3.64. The molecule has 1 spiro atoms. The van der Waals surface area contributed by atoms with E-state index in [9.17, 15) is 0 Å². The first-order valence-electron chi connectivity index (χ1n) is 5.11. The van der Waals surface area contributed by atoms with Crippen molar-refractivity contribution in [3.05, 3.63) is 0 Å². The van der Waals surface area contributed by atoms with E-state index in [1.54, 1.807) is 0 Å². The molecule has 1 heteroatoms. The quantitative estimate of drug-likeness (QED) is 0.609. The van der Waals surface area contributed by atoms with Crippen LogP contribution in [0.3, 0.4) is 0 Å². The van der Waals surface area contributed by atoms with Gasteiger partial charge in [0.2, 0.25) is 0 Å². The van der Waals surface area contributed by atoms with Crippen LogP contribution >= 0.6 is 0 Å². The summed E-state index contributed by atoms with van der Waals surface area (Å²) >= 11 is 0. The summed E-state index contributed by atoms with van der Waals surface area (Å²) in [5.74, 6) is 0. The second-order valence-electron chi connectivity index (χ2n) is 4.23. The summed E-state index contributed by atoms with van der Waals surface area (Å²) in [4.78, 5) is 0. The lowest BCUT2D eigenvalue weighted by Crippen LogP contribution is -2.33. The third kappa shape index (κ3) is 1.10. The molecule has 0 aromatic rings. The van der Waals surface area contributed by atoms with E-state index in [0.29, 0.717) is 0 Å². The Morgan fingerprint density at radius 1 is 1.27 bits per heavy atom. The van der Waals surface area contributed by atoms with Crippen LogP contribution in [-0.2, 0) is 0 Å². The van der Waals surface area contributed by atoms with Gasteiger partial charge >= 0.3 is 0 Å². The molecule has 2 rings (SSSR count). The van der Waals surface area contributed by atoms with Crippen LogP contribution in [0.5, 0.6) is 0 Å². The van der Waals surface area contributed by atoms with E-state index in [-0.39, 0.29) is 0 Å². The van der Waals surface area contributed by atoms with Crippen molar-refractivity contribution in [2.45, 2.75) is 51.5 Å². The van der Waals surface area contributed by atoms with Gasteiger partial charge in [-0.05, 0) is 37.6 Å². The minimum absolute atomic E-state index is 0.745. The molecule has 64 valence electrons. The molecule has 0 bridgehead atoms.